The van der Waals surface area contributed by atoms with E-state index in [1.165, 1.54) is 0 Å². The second-order valence-electron chi connectivity index (χ2n) is 4.66. The molecule has 0 fully saturated rings. The lowest BCUT2D eigenvalue weighted by Gasteiger charge is -2.15. The highest BCUT2D eigenvalue weighted by Crippen LogP contribution is 2.13. The molecule has 0 spiro atoms. The highest BCUT2D eigenvalue weighted by atomic mass is 16.5. The van der Waals surface area contributed by atoms with Gasteiger partial charge in [-0.1, -0.05) is 33.6 Å². The van der Waals surface area contributed by atoms with E-state index in [0.717, 1.165) is 38.8 Å². The van der Waals surface area contributed by atoms with Gasteiger partial charge in [0.15, 0.2) is 0 Å². The van der Waals surface area contributed by atoms with Gasteiger partial charge in [-0.25, -0.2) is 0 Å². The number of carbonyl (C=O) groups excluding carboxylic acids is 1. The summed E-state index contributed by atoms with van der Waals surface area (Å²) in [7, 11) is 4.93. The van der Waals surface area contributed by atoms with Gasteiger partial charge in [-0.05, 0) is 31.8 Å². The Morgan fingerprint density at radius 3 is 2.56 bits per heavy atom. The maximum atomic E-state index is 11.4. The van der Waals surface area contributed by atoms with Crippen LogP contribution < -0.4 is 5.32 Å². The summed E-state index contributed by atoms with van der Waals surface area (Å²) in [5, 5.41) is 3.32. The lowest BCUT2D eigenvalue weighted by Crippen LogP contribution is -2.26. The Hall–Kier alpha value is -0.505. The van der Waals surface area contributed by atoms with Crippen molar-refractivity contribution in [2.24, 2.45) is 11.8 Å². The first-order valence-corrected chi connectivity index (χ1v) is 6.23. The van der Waals surface area contributed by atoms with Gasteiger partial charge >= 0.3 is 8.05 Å². The van der Waals surface area contributed by atoms with Crippen molar-refractivity contribution < 1.29 is 9.45 Å². The van der Waals surface area contributed by atoms with Gasteiger partial charge in [-0.15, -0.1) is 0 Å². The third-order valence-electron chi connectivity index (χ3n) is 2.58. The summed E-state index contributed by atoms with van der Waals surface area (Å²) in [5.74, 6) is 0.306. The number of hydrogen-bond donors (Lipinski definition) is 1. The normalized spacial score (nSPS) is 12.8. The molecule has 1 atom stereocenters. The van der Waals surface area contributed by atoms with Crippen molar-refractivity contribution in [3.8, 4) is 0 Å². The fourth-order valence-electron chi connectivity index (χ4n) is 1.59. The van der Waals surface area contributed by atoms with Crippen LogP contribution in [-0.2, 0) is 9.45 Å². The van der Waals surface area contributed by atoms with Crippen molar-refractivity contribution in [2.45, 2.75) is 46.5 Å². The van der Waals surface area contributed by atoms with Crippen molar-refractivity contribution in [2.75, 3.05) is 13.1 Å². The Morgan fingerprint density at radius 1 is 1.38 bits per heavy atom. The summed E-state index contributed by atoms with van der Waals surface area (Å²) < 4.78 is 4.32. The van der Waals surface area contributed by atoms with Crippen LogP contribution in [-0.4, -0.2) is 27.1 Å². The minimum absolute atomic E-state index is 0.0513. The topological polar surface area (TPSA) is 38.3 Å². The van der Waals surface area contributed by atoms with Crippen LogP contribution in [0.4, 0.5) is 0 Å². The van der Waals surface area contributed by atoms with Crippen LogP contribution in [0, 0.1) is 11.8 Å². The molecule has 0 aliphatic carbocycles. The molecule has 0 bridgehead atoms. The van der Waals surface area contributed by atoms with E-state index in [1.54, 1.807) is 0 Å². The van der Waals surface area contributed by atoms with Crippen molar-refractivity contribution in [3.63, 3.8) is 0 Å². The fraction of sp³-hybridized carbons (Fsp3) is 0.917. The van der Waals surface area contributed by atoms with Gasteiger partial charge in [0.2, 0.25) is 0 Å². The molecule has 16 heavy (non-hydrogen) atoms. The molecule has 0 aliphatic rings. The standard InChI is InChI=1S/C12H24BNO2/c1-4-5-6-11(12(15)16-13)7-8-14-9-10(2)3/h10-11,14H,4-9H2,1-3H3. The lowest BCUT2D eigenvalue weighted by molar-refractivity contribution is -0.139. The first-order valence-electron chi connectivity index (χ1n) is 6.23. The number of carbonyl (C=O) groups is 1. The minimum Gasteiger partial charge on any atom is -0.543 e. The summed E-state index contributed by atoms with van der Waals surface area (Å²) >= 11 is 0. The van der Waals surface area contributed by atoms with Crippen LogP contribution in [0.15, 0.2) is 0 Å². The monoisotopic (exact) mass is 225 g/mol. The molecule has 1 N–H and O–H groups in total. The Labute approximate surface area is 101 Å². The Bertz CT molecular complexity index is 186. The number of hydrogen-bond acceptors (Lipinski definition) is 3. The van der Waals surface area contributed by atoms with Crippen molar-refractivity contribution >= 4 is 14.0 Å². The number of unbranched alkanes of at least 4 members (excludes halogenated alkanes) is 1. The Morgan fingerprint density at radius 2 is 2.06 bits per heavy atom. The molecule has 0 rings (SSSR count). The van der Waals surface area contributed by atoms with Crippen LogP contribution in [0.3, 0.4) is 0 Å². The molecule has 3 nitrogen and oxygen atoms in total. The lowest BCUT2D eigenvalue weighted by atomic mass is 9.98. The zero-order chi connectivity index (χ0) is 12.4. The van der Waals surface area contributed by atoms with E-state index in [-0.39, 0.29) is 11.9 Å². The van der Waals surface area contributed by atoms with E-state index in [2.05, 4.69) is 30.7 Å². The third kappa shape index (κ3) is 7.74. The molecule has 92 valence electrons. The molecular formula is C12H24BNO2. The molecule has 0 heterocycles. The second kappa shape index (κ2) is 9.70. The van der Waals surface area contributed by atoms with Gasteiger partial charge in [0.05, 0.1) is 5.92 Å². The molecule has 2 radical (unpaired) electrons. The van der Waals surface area contributed by atoms with Crippen molar-refractivity contribution in [1.82, 2.24) is 5.32 Å². The molecular weight excluding hydrogens is 201 g/mol. The third-order valence-corrected chi connectivity index (χ3v) is 2.58. The first-order chi connectivity index (χ1) is 7.61. The van der Waals surface area contributed by atoms with Crippen LogP contribution in [0.5, 0.6) is 0 Å². The quantitative estimate of drug-likeness (QED) is 0.482. The Balaban J connectivity index is 3.78. The van der Waals surface area contributed by atoms with Gasteiger partial charge in [0, 0.05) is 0 Å². The molecule has 0 amide bonds. The maximum Gasteiger partial charge on any atom is 0.378 e. The molecule has 0 aromatic rings. The molecule has 1 unspecified atom stereocenters. The zero-order valence-corrected chi connectivity index (χ0v) is 10.8. The average Bonchev–Trinajstić information content (AvgIpc) is 2.26. The Kier molecular flexibility index (Phi) is 9.40. The average molecular weight is 225 g/mol. The summed E-state index contributed by atoms with van der Waals surface area (Å²) in [4.78, 5) is 11.4. The molecule has 0 saturated carbocycles. The zero-order valence-electron chi connectivity index (χ0n) is 10.8. The first kappa shape index (κ1) is 15.5. The van der Waals surface area contributed by atoms with Gasteiger partial charge in [-0.3, -0.25) is 4.79 Å². The van der Waals surface area contributed by atoms with Crippen LogP contribution in [0.2, 0.25) is 0 Å². The van der Waals surface area contributed by atoms with Crippen LogP contribution in [0.25, 0.3) is 0 Å². The maximum absolute atomic E-state index is 11.4. The summed E-state index contributed by atoms with van der Waals surface area (Å²) in [6.45, 7) is 8.27. The molecule has 4 heteroatoms. The van der Waals surface area contributed by atoms with E-state index in [4.69, 9.17) is 8.05 Å². The van der Waals surface area contributed by atoms with E-state index in [1.807, 2.05) is 0 Å². The number of rotatable bonds is 9. The summed E-state index contributed by atoms with van der Waals surface area (Å²) in [6, 6.07) is 0. The largest absolute Gasteiger partial charge is 0.543 e. The molecule has 0 aromatic heterocycles. The molecule has 0 aliphatic heterocycles. The highest BCUT2D eigenvalue weighted by Gasteiger charge is 2.17. The highest BCUT2D eigenvalue weighted by molar-refractivity contribution is 6.05. The number of nitrogens with one attached hydrogen (secondary N) is 1. The fourth-order valence-corrected chi connectivity index (χ4v) is 1.59. The van der Waals surface area contributed by atoms with Crippen molar-refractivity contribution in [3.05, 3.63) is 0 Å². The van der Waals surface area contributed by atoms with E-state index >= 15 is 0 Å². The predicted octanol–water partition coefficient (Wildman–Crippen LogP) is 2.06. The second-order valence-corrected chi connectivity index (χ2v) is 4.66. The van der Waals surface area contributed by atoms with Crippen LogP contribution in [0.1, 0.15) is 46.5 Å². The van der Waals surface area contributed by atoms with Gasteiger partial charge in [-0.2, -0.15) is 0 Å². The molecule has 0 saturated heterocycles. The van der Waals surface area contributed by atoms with Gasteiger partial charge in [0.1, 0.15) is 0 Å². The summed E-state index contributed by atoms with van der Waals surface area (Å²) in [6.07, 6.45) is 3.82. The SMILES string of the molecule is [B]OC(=O)C(CCCC)CCNCC(C)C. The van der Waals surface area contributed by atoms with Gasteiger partial charge < -0.3 is 9.97 Å². The summed E-state index contributed by atoms with van der Waals surface area (Å²) in [5.41, 5.74) is 0. The minimum atomic E-state index is -0.278. The molecule has 0 aromatic carbocycles. The smallest absolute Gasteiger partial charge is 0.378 e. The van der Waals surface area contributed by atoms with E-state index in [9.17, 15) is 4.79 Å². The van der Waals surface area contributed by atoms with Crippen LogP contribution >= 0.6 is 0 Å². The van der Waals surface area contributed by atoms with Crippen molar-refractivity contribution in [1.29, 1.82) is 0 Å². The predicted molar refractivity (Wildman–Crippen MR) is 67.2 cm³/mol. The van der Waals surface area contributed by atoms with E-state index in [0.29, 0.717) is 5.92 Å². The van der Waals surface area contributed by atoms with Gasteiger partial charge in [0.25, 0.3) is 5.97 Å². The van der Waals surface area contributed by atoms with E-state index < -0.39 is 0 Å².